The third kappa shape index (κ3) is 8.15. The van der Waals surface area contributed by atoms with Crippen LogP contribution in [-0.4, -0.2) is 31.2 Å². The highest BCUT2D eigenvalue weighted by molar-refractivity contribution is 7.91. The number of hydrogen-bond acceptors (Lipinski definition) is 5. The van der Waals surface area contributed by atoms with Crippen LogP contribution in [0.25, 0.3) is 0 Å². The normalized spacial score (nSPS) is 11.2. The maximum absolute atomic E-state index is 13.0. The summed E-state index contributed by atoms with van der Waals surface area (Å²) < 4.78 is 32.1. The predicted molar refractivity (Wildman–Crippen MR) is 161 cm³/mol. The van der Waals surface area contributed by atoms with Crippen molar-refractivity contribution in [1.29, 1.82) is 0 Å². The van der Waals surface area contributed by atoms with E-state index in [0.717, 1.165) is 0 Å². The number of sulfone groups is 1. The van der Waals surface area contributed by atoms with Crippen LogP contribution < -0.4 is 10.1 Å². The molecule has 7 nitrogen and oxygen atoms in total. The molecule has 0 fully saturated rings. The van der Waals surface area contributed by atoms with Gasteiger partial charge in [0.2, 0.25) is 0 Å². The average Bonchev–Trinajstić information content (AvgIpc) is 2.90. The average molecular weight is 653 g/mol. The summed E-state index contributed by atoms with van der Waals surface area (Å²) in [5.74, 6) is -0.947. The van der Waals surface area contributed by atoms with Gasteiger partial charge >= 0.3 is 5.97 Å². The minimum Gasteiger partial charge on any atom is -0.481 e. The van der Waals surface area contributed by atoms with E-state index in [1.165, 1.54) is 30.3 Å². The molecule has 1 amide bonds. The van der Waals surface area contributed by atoms with E-state index in [1.54, 1.807) is 48.5 Å². The Labute approximate surface area is 256 Å². The fourth-order valence-electron chi connectivity index (χ4n) is 3.87. The van der Waals surface area contributed by atoms with Crippen molar-refractivity contribution in [2.75, 3.05) is 11.1 Å². The minimum atomic E-state index is -3.79. The van der Waals surface area contributed by atoms with Gasteiger partial charge in [0.1, 0.15) is 11.5 Å². The number of aliphatic carboxylic acids is 1. The van der Waals surface area contributed by atoms with Gasteiger partial charge in [-0.15, -0.1) is 0 Å². The van der Waals surface area contributed by atoms with Crippen LogP contribution in [0.4, 0.5) is 5.69 Å². The Kier molecular flexibility index (Phi) is 9.84. The van der Waals surface area contributed by atoms with Crippen LogP contribution in [-0.2, 0) is 27.5 Å². The summed E-state index contributed by atoms with van der Waals surface area (Å²) in [7, 11) is -3.79. The lowest BCUT2D eigenvalue weighted by molar-refractivity contribution is -0.136. The molecule has 12 heteroatoms. The van der Waals surface area contributed by atoms with E-state index in [0.29, 0.717) is 43.9 Å². The van der Waals surface area contributed by atoms with E-state index in [9.17, 15) is 23.1 Å². The molecular formula is C29H21Cl4NO6S. The van der Waals surface area contributed by atoms with Gasteiger partial charge in [-0.2, -0.15) is 0 Å². The molecule has 0 aromatic heterocycles. The van der Waals surface area contributed by atoms with Gasteiger partial charge in [0.05, 0.1) is 32.1 Å². The number of halogens is 4. The van der Waals surface area contributed by atoms with Gasteiger partial charge < -0.3 is 15.2 Å². The monoisotopic (exact) mass is 651 g/mol. The third-order valence-corrected chi connectivity index (χ3v) is 9.04. The van der Waals surface area contributed by atoms with Crippen LogP contribution in [0.15, 0.2) is 83.8 Å². The molecular weight excluding hydrogens is 632 g/mol. The summed E-state index contributed by atoms with van der Waals surface area (Å²) in [6, 6.07) is 20.0. The zero-order chi connectivity index (χ0) is 29.7. The molecule has 0 spiro atoms. The van der Waals surface area contributed by atoms with Crippen LogP contribution >= 0.6 is 46.4 Å². The number of amides is 1. The summed E-state index contributed by atoms with van der Waals surface area (Å²) in [6.07, 6.45) is -0.210. The molecule has 4 aromatic carbocycles. The molecule has 0 bridgehead atoms. The highest BCUT2D eigenvalue weighted by Crippen LogP contribution is 2.31. The van der Waals surface area contributed by atoms with E-state index in [1.807, 2.05) is 0 Å². The Morgan fingerprint density at radius 1 is 0.805 bits per heavy atom. The van der Waals surface area contributed by atoms with Crippen LogP contribution in [0.1, 0.15) is 21.5 Å². The first kappa shape index (κ1) is 30.7. The van der Waals surface area contributed by atoms with Crippen molar-refractivity contribution in [2.45, 2.75) is 17.7 Å². The zero-order valence-corrected chi connectivity index (χ0v) is 24.9. The molecule has 0 saturated heterocycles. The van der Waals surface area contributed by atoms with E-state index in [4.69, 9.17) is 51.1 Å². The number of hydrogen-bond donors (Lipinski definition) is 2. The third-order valence-electron chi connectivity index (χ3n) is 5.87. The van der Waals surface area contributed by atoms with Gasteiger partial charge in [0, 0.05) is 16.3 Å². The highest BCUT2D eigenvalue weighted by Gasteiger charge is 2.20. The van der Waals surface area contributed by atoms with Gasteiger partial charge in [-0.25, -0.2) is 8.42 Å². The number of carboxylic acid groups (broad SMARTS) is 1. The second-order valence-electron chi connectivity index (χ2n) is 8.87. The largest absolute Gasteiger partial charge is 0.481 e. The Morgan fingerprint density at radius 3 is 2.20 bits per heavy atom. The first-order valence-electron chi connectivity index (χ1n) is 12.0. The second kappa shape index (κ2) is 13.1. The Morgan fingerprint density at radius 2 is 1.54 bits per heavy atom. The molecule has 0 saturated carbocycles. The smallest absolute Gasteiger partial charge is 0.307 e. The fourth-order valence-corrected chi connectivity index (χ4v) is 6.27. The zero-order valence-electron chi connectivity index (χ0n) is 21.0. The Hall–Kier alpha value is -3.27. The quantitative estimate of drug-likeness (QED) is 0.180. The molecule has 41 heavy (non-hydrogen) atoms. The molecule has 212 valence electrons. The van der Waals surface area contributed by atoms with Crippen molar-refractivity contribution < 1.29 is 27.9 Å². The number of nitrogens with one attached hydrogen (secondary N) is 1. The van der Waals surface area contributed by atoms with Crippen LogP contribution in [0.5, 0.6) is 11.5 Å². The van der Waals surface area contributed by atoms with Gasteiger partial charge in [-0.05, 0) is 84.3 Å². The fraction of sp³-hybridized carbons (Fsp3) is 0.103. The van der Waals surface area contributed by atoms with E-state index in [-0.39, 0.29) is 39.4 Å². The molecule has 0 heterocycles. The molecule has 0 atom stereocenters. The predicted octanol–water partition coefficient (Wildman–Crippen LogP) is 7.99. The molecule has 0 unspecified atom stereocenters. The molecule has 0 radical (unpaired) electrons. The molecule has 4 rings (SSSR count). The summed E-state index contributed by atoms with van der Waals surface area (Å²) in [5, 5.41) is 12.9. The summed E-state index contributed by atoms with van der Waals surface area (Å²) in [5.41, 5.74) is 1.81. The highest BCUT2D eigenvalue weighted by atomic mass is 35.5. The van der Waals surface area contributed by atoms with E-state index in [2.05, 4.69) is 5.32 Å². The van der Waals surface area contributed by atoms with Gasteiger partial charge in [-0.1, -0.05) is 58.5 Å². The Bertz CT molecular complexity index is 1730. The topological polar surface area (TPSA) is 110 Å². The standard InChI is InChI=1S/C29H21Cl4NO6S/c30-20-3-10-27(25(33)16-20)41(38,39)12-11-18-13-17(14-28(35)36)1-9-26(18)40-22-6-4-21(5-7-22)34-29(37)19-2-8-23(31)24(32)15-19/h1-10,13,15-16H,11-12,14H2,(H,34,37)(H,35,36). The number of carbonyl (C=O) groups is 2. The number of carbonyl (C=O) groups excluding carboxylic acids is 1. The first-order valence-corrected chi connectivity index (χ1v) is 15.1. The van der Waals surface area contributed by atoms with Gasteiger partial charge in [0.15, 0.2) is 9.84 Å². The van der Waals surface area contributed by atoms with Crippen molar-refractivity contribution in [2.24, 2.45) is 0 Å². The Balaban J connectivity index is 1.52. The molecule has 2 N–H and O–H groups in total. The number of aryl methyl sites for hydroxylation is 1. The van der Waals surface area contributed by atoms with Crippen molar-refractivity contribution in [3.8, 4) is 11.5 Å². The number of rotatable bonds is 10. The van der Waals surface area contributed by atoms with Gasteiger partial charge in [-0.3, -0.25) is 9.59 Å². The molecule has 0 aliphatic heterocycles. The van der Waals surface area contributed by atoms with Crippen LogP contribution in [0.3, 0.4) is 0 Å². The van der Waals surface area contributed by atoms with Crippen molar-refractivity contribution >= 4 is 73.8 Å². The number of ether oxygens (including phenoxy) is 1. The first-order chi connectivity index (χ1) is 19.4. The van der Waals surface area contributed by atoms with Crippen molar-refractivity contribution in [3.05, 3.63) is 116 Å². The summed E-state index contributed by atoms with van der Waals surface area (Å²) in [6.45, 7) is 0. The minimum absolute atomic E-state index is 0.0138. The molecule has 4 aromatic rings. The van der Waals surface area contributed by atoms with Crippen molar-refractivity contribution in [3.63, 3.8) is 0 Å². The number of benzene rings is 4. The maximum Gasteiger partial charge on any atom is 0.307 e. The molecule has 0 aliphatic rings. The number of anilines is 1. The second-order valence-corrected chi connectivity index (χ2v) is 12.6. The van der Waals surface area contributed by atoms with Crippen LogP contribution in [0.2, 0.25) is 20.1 Å². The SMILES string of the molecule is O=C(O)Cc1ccc(Oc2ccc(NC(=O)c3ccc(Cl)c(Cl)c3)cc2)c(CCS(=O)(=O)c2ccc(Cl)cc2Cl)c1. The van der Waals surface area contributed by atoms with E-state index < -0.39 is 15.8 Å². The van der Waals surface area contributed by atoms with Gasteiger partial charge in [0.25, 0.3) is 5.91 Å². The number of carboxylic acids is 1. The lowest BCUT2D eigenvalue weighted by atomic mass is 10.1. The molecule has 0 aliphatic carbocycles. The maximum atomic E-state index is 13.0. The van der Waals surface area contributed by atoms with E-state index >= 15 is 0 Å². The van der Waals surface area contributed by atoms with Crippen LogP contribution in [0, 0.1) is 0 Å². The summed E-state index contributed by atoms with van der Waals surface area (Å²) >= 11 is 23.9. The lowest BCUT2D eigenvalue weighted by Crippen LogP contribution is -2.11. The van der Waals surface area contributed by atoms with Crippen molar-refractivity contribution in [1.82, 2.24) is 0 Å². The summed E-state index contributed by atoms with van der Waals surface area (Å²) in [4.78, 5) is 23.8. The lowest BCUT2D eigenvalue weighted by Gasteiger charge is -2.14.